The molecular weight excluding hydrogens is 358 g/mol. The zero-order valence-electron chi connectivity index (χ0n) is 9.29. The average Bonchev–Trinajstić information content (AvgIpc) is 2.38. The number of benzene rings is 2. The Balaban J connectivity index is 2.36. The van der Waals surface area contributed by atoms with E-state index in [2.05, 4.69) is 15.9 Å². The van der Waals surface area contributed by atoms with Gasteiger partial charge in [0.2, 0.25) is 0 Å². The van der Waals surface area contributed by atoms with Gasteiger partial charge in [-0.15, -0.1) is 0 Å². The molecule has 2 aromatic carbocycles. The first kappa shape index (κ1) is 14.3. The predicted molar refractivity (Wildman–Crippen MR) is 76.0 cm³/mol. The molecule has 0 aliphatic carbocycles. The molecule has 0 heterocycles. The molecule has 2 nitrogen and oxygen atoms in total. The van der Waals surface area contributed by atoms with E-state index in [1.54, 1.807) is 0 Å². The lowest BCUT2D eigenvalue weighted by Crippen LogP contribution is -1.90. The Morgan fingerprint density at radius 3 is 2.42 bits per heavy atom. The summed E-state index contributed by atoms with van der Waals surface area (Å²) in [4.78, 5) is 10.6. The first-order chi connectivity index (χ1) is 9.01. The first-order valence-corrected chi connectivity index (χ1v) is 6.63. The maximum absolute atomic E-state index is 13.4. The van der Waals surface area contributed by atoms with Crippen LogP contribution in [0.4, 0.5) is 4.39 Å². The van der Waals surface area contributed by atoms with Crippen molar-refractivity contribution in [3.63, 3.8) is 0 Å². The first-order valence-electron chi connectivity index (χ1n) is 5.08. The summed E-state index contributed by atoms with van der Waals surface area (Å²) in [6, 6.07) is 7.04. The van der Waals surface area contributed by atoms with Crippen molar-refractivity contribution in [3.05, 3.63) is 56.2 Å². The van der Waals surface area contributed by atoms with Crippen LogP contribution in [0.1, 0.15) is 10.4 Å². The topological polar surface area (TPSA) is 26.3 Å². The van der Waals surface area contributed by atoms with E-state index >= 15 is 0 Å². The van der Waals surface area contributed by atoms with Crippen LogP contribution < -0.4 is 4.74 Å². The van der Waals surface area contributed by atoms with E-state index in [1.807, 2.05) is 0 Å². The molecule has 0 atom stereocenters. The Morgan fingerprint density at radius 2 is 1.79 bits per heavy atom. The highest BCUT2D eigenvalue weighted by Gasteiger charge is 2.11. The van der Waals surface area contributed by atoms with Crippen molar-refractivity contribution in [1.29, 1.82) is 0 Å². The molecule has 0 spiro atoms. The number of aldehydes is 1. The Labute approximate surface area is 127 Å². The molecule has 0 unspecified atom stereocenters. The molecule has 2 aromatic rings. The van der Waals surface area contributed by atoms with Crippen LogP contribution in [0.25, 0.3) is 0 Å². The van der Waals surface area contributed by atoms with Gasteiger partial charge in [0.25, 0.3) is 0 Å². The minimum Gasteiger partial charge on any atom is -0.454 e. The van der Waals surface area contributed by atoms with Crippen molar-refractivity contribution < 1.29 is 13.9 Å². The van der Waals surface area contributed by atoms with Gasteiger partial charge in [0, 0.05) is 11.6 Å². The Morgan fingerprint density at radius 1 is 1.11 bits per heavy atom. The fourth-order valence-corrected chi connectivity index (χ4v) is 2.28. The summed E-state index contributed by atoms with van der Waals surface area (Å²) < 4.78 is 19.1. The van der Waals surface area contributed by atoms with Gasteiger partial charge in [-0.05, 0) is 40.2 Å². The Kier molecular flexibility index (Phi) is 4.45. The largest absolute Gasteiger partial charge is 0.454 e. The standard InChI is InChI=1S/C13H6BrCl2FO2/c14-8-4-10(16)13(5-11(8)17)19-12-2-1-7(6-18)3-9(12)15/h1-6H. The highest BCUT2D eigenvalue weighted by Crippen LogP contribution is 2.36. The van der Waals surface area contributed by atoms with Crippen molar-refractivity contribution in [1.82, 2.24) is 0 Å². The van der Waals surface area contributed by atoms with E-state index in [4.69, 9.17) is 27.9 Å². The van der Waals surface area contributed by atoms with Crippen LogP contribution in [0.2, 0.25) is 10.0 Å². The second-order valence-electron chi connectivity index (χ2n) is 3.61. The lowest BCUT2D eigenvalue weighted by Gasteiger charge is -2.10. The van der Waals surface area contributed by atoms with E-state index < -0.39 is 5.82 Å². The zero-order chi connectivity index (χ0) is 14.0. The summed E-state index contributed by atoms with van der Waals surface area (Å²) in [5.74, 6) is -0.0703. The van der Waals surface area contributed by atoms with Crippen LogP contribution in [0.5, 0.6) is 11.5 Å². The molecule has 2 rings (SSSR count). The van der Waals surface area contributed by atoms with Crippen molar-refractivity contribution in [2.75, 3.05) is 0 Å². The van der Waals surface area contributed by atoms with Gasteiger partial charge < -0.3 is 4.74 Å². The van der Waals surface area contributed by atoms with E-state index in [1.165, 1.54) is 24.3 Å². The molecule has 6 heteroatoms. The average molecular weight is 364 g/mol. The number of carbonyl (C=O) groups excluding carboxylic acids is 1. The van der Waals surface area contributed by atoms with Gasteiger partial charge in [-0.3, -0.25) is 4.79 Å². The molecule has 0 N–H and O–H groups in total. The van der Waals surface area contributed by atoms with Crippen LogP contribution >= 0.6 is 39.1 Å². The number of carbonyl (C=O) groups is 1. The number of halogens is 4. The third-order valence-electron chi connectivity index (χ3n) is 2.29. The van der Waals surface area contributed by atoms with Gasteiger partial charge in [0.05, 0.1) is 14.5 Å². The molecule has 0 fully saturated rings. The minimum atomic E-state index is -0.500. The van der Waals surface area contributed by atoms with Crippen LogP contribution in [0.3, 0.4) is 0 Å². The van der Waals surface area contributed by atoms with Crippen molar-refractivity contribution >= 4 is 45.4 Å². The van der Waals surface area contributed by atoms with Gasteiger partial charge in [0.1, 0.15) is 23.6 Å². The second kappa shape index (κ2) is 5.90. The maximum atomic E-state index is 13.4. The van der Waals surface area contributed by atoms with Crippen molar-refractivity contribution in [2.45, 2.75) is 0 Å². The molecule has 0 radical (unpaired) electrons. The molecule has 0 saturated carbocycles. The highest BCUT2D eigenvalue weighted by atomic mass is 79.9. The summed E-state index contributed by atoms with van der Waals surface area (Å²) in [6.45, 7) is 0. The lowest BCUT2D eigenvalue weighted by molar-refractivity contribution is 0.112. The van der Waals surface area contributed by atoms with Gasteiger partial charge >= 0.3 is 0 Å². The van der Waals surface area contributed by atoms with Crippen LogP contribution in [-0.4, -0.2) is 6.29 Å². The summed E-state index contributed by atoms with van der Waals surface area (Å²) in [6.07, 6.45) is 0.669. The molecule has 0 aliphatic rings. The summed E-state index contributed by atoms with van der Waals surface area (Å²) in [5.41, 5.74) is 0.422. The molecule has 98 valence electrons. The normalized spacial score (nSPS) is 10.3. The molecule has 0 aliphatic heterocycles. The Hall–Kier alpha value is -1.10. The van der Waals surface area contributed by atoms with Crippen LogP contribution in [-0.2, 0) is 0 Å². The number of hydrogen-bond donors (Lipinski definition) is 0. The SMILES string of the molecule is O=Cc1ccc(Oc2cc(F)c(Br)cc2Cl)c(Cl)c1. The Bertz CT molecular complexity index is 647. The summed E-state index contributed by atoms with van der Waals surface area (Å²) in [5, 5.41) is 0.479. The van der Waals surface area contributed by atoms with Crippen LogP contribution in [0.15, 0.2) is 34.8 Å². The molecule has 0 aromatic heterocycles. The molecule has 0 saturated heterocycles. The number of rotatable bonds is 3. The van der Waals surface area contributed by atoms with E-state index in [-0.39, 0.29) is 26.0 Å². The minimum absolute atomic E-state index is 0.142. The third kappa shape index (κ3) is 3.26. The second-order valence-corrected chi connectivity index (χ2v) is 5.28. The smallest absolute Gasteiger partial charge is 0.150 e. The summed E-state index contributed by atoms with van der Waals surface area (Å²) >= 11 is 14.9. The van der Waals surface area contributed by atoms with E-state index in [9.17, 15) is 9.18 Å². The van der Waals surface area contributed by atoms with Crippen LogP contribution in [0, 0.1) is 5.82 Å². The number of hydrogen-bond acceptors (Lipinski definition) is 2. The third-order valence-corrected chi connectivity index (χ3v) is 3.49. The van der Waals surface area contributed by atoms with E-state index in [0.29, 0.717) is 11.8 Å². The molecular formula is C13H6BrCl2FO2. The molecule has 0 bridgehead atoms. The van der Waals surface area contributed by atoms with Crippen molar-refractivity contribution in [3.8, 4) is 11.5 Å². The quantitative estimate of drug-likeness (QED) is 0.531. The summed E-state index contributed by atoms with van der Waals surface area (Å²) in [7, 11) is 0. The van der Waals surface area contributed by atoms with Crippen molar-refractivity contribution in [2.24, 2.45) is 0 Å². The van der Waals surface area contributed by atoms with E-state index in [0.717, 1.165) is 6.07 Å². The predicted octanol–water partition coefficient (Wildman–Crippen LogP) is 5.50. The fraction of sp³-hybridized carbons (Fsp3) is 0. The zero-order valence-corrected chi connectivity index (χ0v) is 12.4. The number of ether oxygens (including phenoxy) is 1. The van der Waals surface area contributed by atoms with Gasteiger partial charge in [-0.25, -0.2) is 4.39 Å². The fourth-order valence-electron chi connectivity index (χ4n) is 1.37. The molecule has 19 heavy (non-hydrogen) atoms. The van der Waals surface area contributed by atoms with Gasteiger partial charge in [-0.1, -0.05) is 23.2 Å². The lowest BCUT2D eigenvalue weighted by atomic mass is 10.2. The van der Waals surface area contributed by atoms with Gasteiger partial charge in [-0.2, -0.15) is 0 Å². The maximum Gasteiger partial charge on any atom is 0.150 e. The van der Waals surface area contributed by atoms with Gasteiger partial charge in [0.15, 0.2) is 0 Å². The molecule has 0 amide bonds. The highest BCUT2D eigenvalue weighted by molar-refractivity contribution is 9.10. The monoisotopic (exact) mass is 362 g/mol.